The topological polar surface area (TPSA) is 65.1 Å². The number of hydrogen-bond acceptors (Lipinski definition) is 5. The molecule has 2 heterocycles. The molecule has 146 valence electrons. The Morgan fingerprint density at radius 1 is 1.21 bits per heavy atom. The quantitative estimate of drug-likeness (QED) is 0.581. The van der Waals surface area contributed by atoms with E-state index in [0.717, 1.165) is 17.7 Å². The first kappa shape index (κ1) is 18.3. The third-order valence-corrected chi connectivity index (χ3v) is 5.39. The number of para-hydroxylation sites is 1. The molecular formula is C22H23NO5. The van der Waals surface area contributed by atoms with E-state index in [1.165, 1.54) is 0 Å². The second-order valence-corrected chi connectivity index (χ2v) is 7.21. The van der Waals surface area contributed by atoms with Crippen LogP contribution in [0.1, 0.15) is 38.2 Å². The molecule has 0 radical (unpaired) electrons. The van der Waals surface area contributed by atoms with Gasteiger partial charge < -0.3 is 19.1 Å². The average molecular weight is 381 g/mol. The van der Waals surface area contributed by atoms with Crippen molar-refractivity contribution >= 4 is 17.6 Å². The minimum Gasteiger partial charge on any atom is -0.454 e. The highest BCUT2D eigenvalue weighted by Crippen LogP contribution is 2.36. The summed E-state index contributed by atoms with van der Waals surface area (Å²) in [5, 5.41) is 0. The number of rotatable bonds is 5. The molecule has 2 aromatic carbocycles. The maximum absolute atomic E-state index is 12.6. The second-order valence-electron chi connectivity index (χ2n) is 7.21. The van der Waals surface area contributed by atoms with Crippen LogP contribution in [0.15, 0.2) is 42.5 Å². The zero-order valence-corrected chi connectivity index (χ0v) is 16.0. The summed E-state index contributed by atoms with van der Waals surface area (Å²) < 4.78 is 16.1. The fourth-order valence-electron chi connectivity index (χ4n) is 3.61. The summed E-state index contributed by atoms with van der Waals surface area (Å²) in [5.41, 5.74) is 2.02. The van der Waals surface area contributed by atoms with Crippen molar-refractivity contribution in [2.75, 3.05) is 18.2 Å². The van der Waals surface area contributed by atoms with Crippen LogP contribution in [0.5, 0.6) is 17.2 Å². The summed E-state index contributed by atoms with van der Waals surface area (Å²) in [7, 11) is 0. The normalized spacial score (nSPS) is 19.0. The number of anilines is 1. The molecule has 1 saturated heterocycles. The van der Waals surface area contributed by atoms with Crippen molar-refractivity contribution in [3.8, 4) is 17.2 Å². The van der Waals surface area contributed by atoms with Crippen LogP contribution in [-0.2, 0) is 9.59 Å². The zero-order chi connectivity index (χ0) is 19.7. The molecule has 1 amide bonds. The van der Waals surface area contributed by atoms with Crippen LogP contribution >= 0.6 is 0 Å². The van der Waals surface area contributed by atoms with Gasteiger partial charge >= 0.3 is 5.97 Å². The number of esters is 1. The van der Waals surface area contributed by atoms with E-state index in [-0.39, 0.29) is 19.1 Å². The van der Waals surface area contributed by atoms with E-state index >= 15 is 0 Å². The first-order chi connectivity index (χ1) is 13.6. The van der Waals surface area contributed by atoms with E-state index in [0.29, 0.717) is 29.7 Å². The summed E-state index contributed by atoms with van der Waals surface area (Å²) >= 11 is 0. The lowest BCUT2D eigenvalue weighted by Crippen LogP contribution is -2.28. The number of fused-ring (bicyclic) bond motifs is 1. The molecule has 6 heteroatoms. The molecule has 1 fully saturated rings. The van der Waals surface area contributed by atoms with Crippen molar-refractivity contribution in [3.63, 3.8) is 0 Å². The minimum atomic E-state index is -0.497. The van der Waals surface area contributed by atoms with Gasteiger partial charge in [0, 0.05) is 24.7 Å². The van der Waals surface area contributed by atoms with E-state index in [2.05, 4.69) is 19.9 Å². The lowest BCUT2D eigenvalue weighted by atomic mass is 9.96. The minimum absolute atomic E-state index is 0.0524. The molecule has 2 aliphatic heterocycles. The van der Waals surface area contributed by atoms with Crippen LogP contribution in [-0.4, -0.2) is 25.2 Å². The van der Waals surface area contributed by atoms with Crippen LogP contribution < -0.4 is 19.1 Å². The Morgan fingerprint density at radius 3 is 2.82 bits per heavy atom. The van der Waals surface area contributed by atoms with Gasteiger partial charge in [-0.25, -0.2) is 0 Å². The SMILES string of the molecule is CC[C@H](C)c1ccccc1N1C[C@H](C(=O)Oc2ccc3c(c2)OCO3)CC1=O. The van der Waals surface area contributed by atoms with Crippen LogP contribution in [0.25, 0.3) is 0 Å². The first-order valence-electron chi connectivity index (χ1n) is 9.57. The largest absolute Gasteiger partial charge is 0.454 e. The van der Waals surface area contributed by atoms with Crippen molar-refractivity contribution in [1.29, 1.82) is 0 Å². The monoisotopic (exact) mass is 381 g/mol. The fourth-order valence-corrected chi connectivity index (χ4v) is 3.61. The van der Waals surface area contributed by atoms with Gasteiger partial charge in [-0.1, -0.05) is 32.0 Å². The highest BCUT2D eigenvalue weighted by molar-refractivity contribution is 6.00. The van der Waals surface area contributed by atoms with Gasteiger partial charge in [0.2, 0.25) is 12.7 Å². The number of amides is 1. The van der Waals surface area contributed by atoms with Gasteiger partial charge in [-0.2, -0.15) is 0 Å². The van der Waals surface area contributed by atoms with Gasteiger partial charge in [-0.3, -0.25) is 9.59 Å². The zero-order valence-electron chi connectivity index (χ0n) is 16.0. The fraction of sp³-hybridized carbons (Fsp3) is 0.364. The van der Waals surface area contributed by atoms with Crippen LogP contribution in [0.2, 0.25) is 0 Å². The Bertz CT molecular complexity index is 910. The molecule has 6 nitrogen and oxygen atoms in total. The molecule has 0 aliphatic carbocycles. The number of carbonyl (C=O) groups is 2. The van der Waals surface area contributed by atoms with E-state index < -0.39 is 11.9 Å². The molecule has 0 aromatic heterocycles. The molecule has 0 N–H and O–H groups in total. The molecule has 0 bridgehead atoms. The van der Waals surface area contributed by atoms with Crippen LogP contribution in [0.4, 0.5) is 5.69 Å². The van der Waals surface area contributed by atoms with Crippen molar-refractivity contribution < 1.29 is 23.8 Å². The van der Waals surface area contributed by atoms with E-state index in [1.807, 2.05) is 18.2 Å². The van der Waals surface area contributed by atoms with Crippen molar-refractivity contribution in [2.45, 2.75) is 32.6 Å². The van der Waals surface area contributed by atoms with Crippen molar-refractivity contribution in [3.05, 3.63) is 48.0 Å². The van der Waals surface area contributed by atoms with E-state index in [9.17, 15) is 9.59 Å². The summed E-state index contributed by atoms with van der Waals surface area (Å²) in [5.74, 6) is 0.950. The summed E-state index contributed by atoms with van der Waals surface area (Å²) in [6, 6.07) is 12.9. The molecule has 28 heavy (non-hydrogen) atoms. The number of nitrogens with zero attached hydrogens (tertiary/aromatic N) is 1. The lowest BCUT2D eigenvalue weighted by Gasteiger charge is -2.23. The lowest BCUT2D eigenvalue weighted by molar-refractivity contribution is -0.139. The molecule has 2 atom stereocenters. The predicted octanol–water partition coefficient (Wildman–Crippen LogP) is 3.89. The Balaban J connectivity index is 1.48. The summed E-state index contributed by atoms with van der Waals surface area (Å²) in [4.78, 5) is 27.0. The maximum Gasteiger partial charge on any atom is 0.316 e. The Kier molecular flexibility index (Phi) is 4.94. The smallest absolute Gasteiger partial charge is 0.316 e. The van der Waals surface area contributed by atoms with Crippen LogP contribution in [0, 0.1) is 5.92 Å². The van der Waals surface area contributed by atoms with Gasteiger partial charge in [0.15, 0.2) is 11.5 Å². The molecule has 0 spiro atoms. The molecule has 0 saturated carbocycles. The molecule has 0 unspecified atom stereocenters. The van der Waals surface area contributed by atoms with E-state index in [1.54, 1.807) is 23.1 Å². The Hall–Kier alpha value is -3.02. The number of carbonyl (C=O) groups excluding carboxylic acids is 2. The second kappa shape index (κ2) is 7.54. The third-order valence-electron chi connectivity index (χ3n) is 5.39. The predicted molar refractivity (Wildman–Crippen MR) is 104 cm³/mol. The average Bonchev–Trinajstić information content (AvgIpc) is 3.33. The van der Waals surface area contributed by atoms with Crippen molar-refractivity contribution in [2.24, 2.45) is 5.92 Å². The maximum atomic E-state index is 12.6. The highest BCUT2D eigenvalue weighted by Gasteiger charge is 2.37. The number of benzene rings is 2. The Labute approximate surface area is 164 Å². The summed E-state index contributed by atoms with van der Waals surface area (Å²) in [6.07, 6.45) is 1.13. The molecule has 2 aromatic rings. The Morgan fingerprint density at radius 2 is 2.00 bits per heavy atom. The number of ether oxygens (including phenoxy) is 3. The third kappa shape index (κ3) is 3.42. The molecular weight excluding hydrogens is 358 g/mol. The van der Waals surface area contributed by atoms with Gasteiger partial charge in [-0.15, -0.1) is 0 Å². The number of hydrogen-bond donors (Lipinski definition) is 0. The van der Waals surface area contributed by atoms with Gasteiger partial charge in [0.25, 0.3) is 0 Å². The van der Waals surface area contributed by atoms with E-state index in [4.69, 9.17) is 14.2 Å². The highest BCUT2D eigenvalue weighted by atomic mass is 16.7. The molecule has 4 rings (SSSR count). The molecule has 2 aliphatic rings. The standard InChI is InChI=1S/C22H23NO5/c1-3-14(2)17-6-4-5-7-18(17)23-12-15(10-21(23)24)22(25)28-16-8-9-19-20(11-16)27-13-26-19/h4-9,11,14-15H,3,10,12-13H2,1-2H3/t14-,15+/m0/s1. The summed E-state index contributed by atoms with van der Waals surface area (Å²) in [6.45, 7) is 4.76. The first-order valence-corrected chi connectivity index (χ1v) is 9.57. The van der Waals surface area contributed by atoms with Gasteiger partial charge in [-0.05, 0) is 36.1 Å². The van der Waals surface area contributed by atoms with Crippen LogP contribution in [0.3, 0.4) is 0 Å². The van der Waals surface area contributed by atoms with Crippen molar-refractivity contribution in [1.82, 2.24) is 0 Å². The van der Waals surface area contributed by atoms with Gasteiger partial charge in [0.1, 0.15) is 5.75 Å². The van der Waals surface area contributed by atoms with Gasteiger partial charge in [0.05, 0.1) is 5.92 Å².